The maximum atomic E-state index is 2.52. The highest BCUT2D eigenvalue weighted by atomic mass is 15.1. The highest BCUT2D eigenvalue weighted by Crippen LogP contribution is 2.38. The fourth-order valence-corrected chi connectivity index (χ4v) is 7.38. The minimum absolute atomic E-state index is 1.10. The Balaban J connectivity index is 1.47. The Hall–Kier alpha value is -3.13. The van der Waals surface area contributed by atoms with Crippen LogP contribution in [0.3, 0.4) is 0 Å². The molecular weight excluding hydrogens is 412 g/mol. The van der Waals surface area contributed by atoms with E-state index in [4.69, 9.17) is 0 Å². The number of imidazole rings is 1. The van der Waals surface area contributed by atoms with E-state index in [9.17, 15) is 0 Å². The zero-order valence-corrected chi connectivity index (χ0v) is 20.1. The van der Waals surface area contributed by atoms with Gasteiger partial charge in [0.2, 0.25) is 6.33 Å². The second-order valence-corrected chi connectivity index (χ2v) is 10.9. The van der Waals surface area contributed by atoms with Crippen LogP contribution in [-0.4, -0.2) is 4.57 Å². The largest absolute Gasteiger partial charge is 0.249 e. The molecule has 5 aromatic rings. The van der Waals surface area contributed by atoms with Crippen LogP contribution in [0.2, 0.25) is 0 Å². The molecule has 0 saturated carbocycles. The van der Waals surface area contributed by atoms with Crippen molar-refractivity contribution in [1.82, 2.24) is 4.57 Å². The molecule has 0 N–H and O–H groups in total. The van der Waals surface area contributed by atoms with Crippen molar-refractivity contribution in [3.8, 4) is 0 Å². The molecule has 0 amide bonds. The second kappa shape index (κ2) is 6.95. The van der Waals surface area contributed by atoms with E-state index in [2.05, 4.69) is 65.0 Å². The van der Waals surface area contributed by atoms with Crippen molar-refractivity contribution in [3.63, 3.8) is 0 Å². The molecule has 168 valence electrons. The summed E-state index contributed by atoms with van der Waals surface area (Å²) in [5.74, 6) is 0. The normalized spacial score (nSPS) is 17.5. The van der Waals surface area contributed by atoms with Crippen LogP contribution in [0.5, 0.6) is 0 Å². The maximum Gasteiger partial charge on any atom is 0.249 e. The SMILES string of the molecule is C[n+]1cn(C2=c3ccc4c5c(cc6ccc(c3c64)CC2)CCCC5)c2cc3c(cc21)CCCC3. The average Bonchev–Trinajstić information content (AvgIpc) is 3.20. The molecule has 0 radical (unpaired) electrons. The quantitative estimate of drug-likeness (QED) is 0.287. The molecule has 0 saturated heterocycles. The van der Waals surface area contributed by atoms with Gasteiger partial charge < -0.3 is 0 Å². The van der Waals surface area contributed by atoms with Crippen LogP contribution in [0, 0.1) is 0 Å². The molecule has 4 aromatic carbocycles. The molecule has 3 aliphatic rings. The number of hydrogen-bond acceptors (Lipinski definition) is 0. The van der Waals surface area contributed by atoms with Gasteiger partial charge in [0.15, 0.2) is 11.0 Å². The highest BCUT2D eigenvalue weighted by Gasteiger charge is 2.26. The molecule has 0 bridgehead atoms. The molecule has 0 spiro atoms. The predicted molar refractivity (Wildman–Crippen MR) is 140 cm³/mol. The number of aryl methyl sites for hydroxylation is 6. The minimum atomic E-state index is 1.10. The standard InChI is InChI=1S/C32H31N2/c1-33-19-34(30-18-22-7-3-2-6-21(22)17-29(30)33)28-15-12-20-10-11-24-16-23-8-4-5-9-25(23)26-13-14-27(28)31(20)32(24)26/h10-11,13-14,16-19H,2-9,12,15H2,1H3/q+1. The summed E-state index contributed by atoms with van der Waals surface area (Å²) in [7, 11) is 2.21. The van der Waals surface area contributed by atoms with Crippen molar-refractivity contribution >= 4 is 38.3 Å². The summed E-state index contributed by atoms with van der Waals surface area (Å²) in [6.45, 7) is 0. The molecule has 0 unspecified atom stereocenters. The monoisotopic (exact) mass is 443 g/mol. The third-order valence-electron chi connectivity index (χ3n) is 9.04. The van der Waals surface area contributed by atoms with E-state index in [-0.39, 0.29) is 0 Å². The van der Waals surface area contributed by atoms with Crippen molar-refractivity contribution in [2.24, 2.45) is 7.05 Å². The van der Waals surface area contributed by atoms with Crippen LogP contribution < -0.4 is 9.79 Å². The molecule has 2 nitrogen and oxygen atoms in total. The smallest absolute Gasteiger partial charge is 0.232 e. The summed E-state index contributed by atoms with van der Waals surface area (Å²) in [6, 6.07) is 17.2. The van der Waals surface area contributed by atoms with Gasteiger partial charge in [0.1, 0.15) is 5.70 Å². The van der Waals surface area contributed by atoms with Gasteiger partial charge in [0.25, 0.3) is 0 Å². The fourth-order valence-electron chi connectivity index (χ4n) is 7.38. The Morgan fingerprint density at radius 2 is 1.47 bits per heavy atom. The van der Waals surface area contributed by atoms with Crippen LogP contribution >= 0.6 is 0 Å². The third kappa shape index (κ3) is 2.54. The molecule has 1 heterocycles. The summed E-state index contributed by atoms with van der Waals surface area (Å²) in [5.41, 5.74) is 12.1. The number of benzene rings is 4. The lowest BCUT2D eigenvalue weighted by Gasteiger charge is -2.23. The first-order chi connectivity index (χ1) is 16.8. The van der Waals surface area contributed by atoms with Crippen LogP contribution in [0.15, 0.2) is 48.8 Å². The number of hydrogen-bond donors (Lipinski definition) is 0. The van der Waals surface area contributed by atoms with Gasteiger partial charge in [0.05, 0.1) is 7.05 Å². The zero-order valence-electron chi connectivity index (χ0n) is 20.1. The van der Waals surface area contributed by atoms with Gasteiger partial charge in [-0.3, -0.25) is 0 Å². The van der Waals surface area contributed by atoms with Gasteiger partial charge >= 0.3 is 0 Å². The highest BCUT2D eigenvalue weighted by molar-refractivity contribution is 6.13. The first-order valence-electron chi connectivity index (χ1n) is 13.3. The van der Waals surface area contributed by atoms with E-state index in [0.29, 0.717) is 0 Å². The van der Waals surface area contributed by atoms with E-state index < -0.39 is 0 Å². The Bertz CT molecular complexity index is 1720. The second-order valence-electron chi connectivity index (χ2n) is 10.9. The van der Waals surface area contributed by atoms with Crippen LogP contribution in [-0.2, 0) is 39.2 Å². The van der Waals surface area contributed by atoms with Crippen molar-refractivity contribution in [1.29, 1.82) is 0 Å². The summed E-state index contributed by atoms with van der Waals surface area (Å²) in [5, 5.41) is 7.45. The number of rotatable bonds is 1. The van der Waals surface area contributed by atoms with Crippen molar-refractivity contribution in [2.75, 3.05) is 0 Å². The van der Waals surface area contributed by atoms with Gasteiger partial charge in [0, 0.05) is 11.6 Å². The molecule has 34 heavy (non-hydrogen) atoms. The van der Waals surface area contributed by atoms with E-state index in [1.54, 1.807) is 22.3 Å². The van der Waals surface area contributed by atoms with Crippen molar-refractivity contribution in [2.45, 2.75) is 64.2 Å². The molecule has 2 heteroatoms. The van der Waals surface area contributed by atoms with Crippen LogP contribution in [0.1, 0.15) is 59.9 Å². The number of aromatic nitrogens is 2. The van der Waals surface area contributed by atoms with Crippen LogP contribution in [0.25, 0.3) is 38.3 Å². The molecule has 1 aromatic heterocycles. The van der Waals surface area contributed by atoms with Gasteiger partial charge in [-0.2, -0.15) is 4.57 Å². The van der Waals surface area contributed by atoms with E-state index in [1.807, 2.05) is 0 Å². The van der Waals surface area contributed by atoms with Gasteiger partial charge in [-0.25, -0.2) is 4.57 Å². The Morgan fingerprint density at radius 1 is 0.676 bits per heavy atom. The summed E-state index contributed by atoms with van der Waals surface area (Å²) < 4.78 is 4.86. The maximum absolute atomic E-state index is 2.52. The molecule has 0 atom stereocenters. The van der Waals surface area contributed by atoms with E-state index in [1.165, 1.54) is 100 Å². The van der Waals surface area contributed by atoms with Gasteiger partial charge in [-0.1, -0.05) is 24.3 Å². The summed E-state index contributed by atoms with van der Waals surface area (Å²) >= 11 is 0. The Labute approximate surface area is 200 Å². The van der Waals surface area contributed by atoms with Crippen molar-refractivity contribution < 1.29 is 4.57 Å². The lowest BCUT2D eigenvalue weighted by molar-refractivity contribution is -0.645. The van der Waals surface area contributed by atoms with Gasteiger partial charge in [-0.15, -0.1) is 0 Å². The van der Waals surface area contributed by atoms with Gasteiger partial charge in [-0.05, 0) is 125 Å². The first kappa shape index (κ1) is 19.2. The predicted octanol–water partition coefficient (Wildman–Crippen LogP) is 5.85. The number of fused-ring (bicyclic) bond motifs is 4. The topological polar surface area (TPSA) is 8.81 Å². The van der Waals surface area contributed by atoms with Crippen molar-refractivity contribution in [3.05, 3.63) is 81.8 Å². The summed E-state index contributed by atoms with van der Waals surface area (Å²) in [6.07, 6.45) is 14.8. The molecule has 0 fully saturated rings. The zero-order chi connectivity index (χ0) is 22.4. The average molecular weight is 444 g/mol. The Kier molecular flexibility index (Phi) is 3.92. The lowest BCUT2D eigenvalue weighted by atomic mass is 9.82. The molecule has 3 aliphatic carbocycles. The third-order valence-corrected chi connectivity index (χ3v) is 9.04. The van der Waals surface area contributed by atoms with Crippen LogP contribution in [0.4, 0.5) is 0 Å². The minimum Gasteiger partial charge on any atom is -0.232 e. The fraction of sp³-hybridized carbons (Fsp3) is 0.344. The van der Waals surface area contributed by atoms with E-state index >= 15 is 0 Å². The lowest BCUT2D eigenvalue weighted by Crippen LogP contribution is -2.26. The first-order valence-corrected chi connectivity index (χ1v) is 13.3. The Morgan fingerprint density at radius 3 is 2.35 bits per heavy atom. The summed E-state index contributed by atoms with van der Waals surface area (Å²) in [4.78, 5) is 0. The number of nitrogens with zero attached hydrogens (tertiary/aromatic N) is 2. The molecule has 8 rings (SSSR count). The molecule has 0 aliphatic heterocycles. The van der Waals surface area contributed by atoms with E-state index in [0.717, 1.165) is 12.8 Å². The molecular formula is C32H31N2+.